The van der Waals surface area contributed by atoms with Crippen LogP contribution in [0.2, 0.25) is 5.02 Å². The molecule has 35 heavy (non-hydrogen) atoms. The minimum atomic E-state index is -4.58. The smallest absolute Gasteiger partial charge is 0.326 e. The number of aromatic nitrogens is 2. The Hall–Kier alpha value is -3.66. The molecule has 1 aromatic heterocycles. The molecule has 0 atom stereocenters. The maximum Gasteiger partial charge on any atom is 0.416 e. The average molecular weight is 505 g/mol. The van der Waals surface area contributed by atoms with E-state index in [1.165, 1.54) is 6.07 Å². The summed E-state index contributed by atoms with van der Waals surface area (Å²) < 4.78 is 40.6. The lowest BCUT2D eigenvalue weighted by Crippen LogP contribution is -2.19. The highest BCUT2D eigenvalue weighted by Gasteiger charge is 2.31. The van der Waals surface area contributed by atoms with Gasteiger partial charge in [0.25, 0.3) is 0 Å². The van der Waals surface area contributed by atoms with Crippen molar-refractivity contribution < 1.29 is 27.6 Å². The van der Waals surface area contributed by atoms with Crippen molar-refractivity contribution in [1.82, 2.24) is 9.78 Å². The molecule has 0 radical (unpaired) electrons. The minimum absolute atomic E-state index is 0.0235. The van der Waals surface area contributed by atoms with Gasteiger partial charge in [-0.15, -0.1) is 0 Å². The number of hydrogen-bond acceptors (Lipinski definition) is 4. The first-order valence-corrected chi connectivity index (χ1v) is 11.1. The van der Waals surface area contributed by atoms with E-state index in [0.29, 0.717) is 29.8 Å². The molecule has 11 heteroatoms. The van der Waals surface area contributed by atoms with Crippen molar-refractivity contribution in [3.05, 3.63) is 69.9 Å². The molecule has 182 valence electrons. The highest BCUT2D eigenvalue weighted by Crippen LogP contribution is 2.34. The molecule has 2 aromatic carbocycles. The van der Waals surface area contributed by atoms with Crippen LogP contribution in [-0.4, -0.2) is 27.4 Å². The first kappa shape index (κ1) is 24.5. The first-order chi connectivity index (χ1) is 16.5. The molecule has 1 aliphatic rings. The largest absolute Gasteiger partial charge is 0.416 e. The number of halogens is 4. The number of amides is 2. The summed E-state index contributed by atoms with van der Waals surface area (Å²) in [6.07, 6.45) is -3.92. The molecule has 0 saturated carbocycles. The number of alkyl halides is 3. The van der Waals surface area contributed by atoms with Gasteiger partial charge < -0.3 is 10.6 Å². The fraction of sp³-hybridized carbons (Fsp3) is 0.250. The second kappa shape index (κ2) is 9.53. The molecule has 0 spiro atoms. The molecular formula is C24H20ClF3N4O3. The number of ketones is 1. The Kier molecular flexibility index (Phi) is 6.66. The van der Waals surface area contributed by atoms with Crippen LogP contribution in [0.5, 0.6) is 0 Å². The molecule has 2 amide bonds. The number of anilines is 2. The molecule has 0 saturated heterocycles. The van der Waals surface area contributed by atoms with E-state index in [-0.39, 0.29) is 41.1 Å². The number of hydrogen-bond donors (Lipinski definition) is 2. The summed E-state index contributed by atoms with van der Waals surface area (Å²) in [4.78, 5) is 36.6. The highest BCUT2D eigenvalue weighted by atomic mass is 35.5. The zero-order valence-electron chi connectivity index (χ0n) is 18.5. The molecular weight excluding hydrogens is 485 g/mol. The van der Waals surface area contributed by atoms with Crippen LogP contribution in [-0.2, 0) is 22.2 Å². The lowest BCUT2D eigenvalue weighted by atomic mass is 9.97. The highest BCUT2D eigenvalue weighted by molar-refractivity contribution is 6.32. The summed E-state index contributed by atoms with van der Waals surface area (Å²) in [5, 5.41) is 9.53. The minimum Gasteiger partial charge on any atom is -0.326 e. The van der Waals surface area contributed by atoms with Crippen LogP contribution in [0.1, 0.15) is 46.4 Å². The third kappa shape index (κ3) is 5.54. The summed E-state index contributed by atoms with van der Waals surface area (Å²) in [7, 11) is 0. The molecule has 7 nitrogen and oxygen atoms in total. The van der Waals surface area contributed by atoms with E-state index in [4.69, 9.17) is 11.6 Å². The number of carbonyl (C=O) groups excluding carboxylic acids is 3. The second-order valence-corrected chi connectivity index (χ2v) is 8.55. The van der Waals surface area contributed by atoms with Gasteiger partial charge in [0.15, 0.2) is 5.78 Å². The van der Waals surface area contributed by atoms with Crippen LogP contribution in [0.25, 0.3) is 5.69 Å². The molecule has 4 rings (SSSR count). The van der Waals surface area contributed by atoms with Crippen LogP contribution in [0.4, 0.5) is 24.7 Å². The first-order valence-electron chi connectivity index (χ1n) is 10.7. The van der Waals surface area contributed by atoms with E-state index >= 15 is 0 Å². The maximum atomic E-state index is 13.2. The molecule has 0 aliphatic carbocycles. The molecule has 0 bridgehead atoms. The normalized spacial score (nSPS) is 13.2. The summed E-state index contributed by atoms with van der Waals surface area (Å²) in [6, 6.07) is 9.30. The number of carbonyl (C=O) groups is 3. The zero-order chi connectivity index (χ0) is 25.3. The van der Waals surface area contributed by atoms with Gasteiger partial charge in [-0.1, -0.05) is 11.6 Å². The van der Waals surface area contributed by atoms with Crippen LogP contribution in [0.15, 0.2) is 42.5 Å². The van der Waals surface area contributed by atoms with Crippen molar-refractivity contribution in [3.8, 4) is 5.69 Å². The van der Waals surface area contributed by atoms with Gasteiger partial charge in [0.2, 0.25) is 11.8 Å². The van der Waals surface area contributed by atoms with E-state index in [1.54, 1.807) is 25.1 Å². The molecule has 0 unspecified atom stereocenters. The van der Waals surface area contributed by atoms with Crippen molar-refractivity contribution in [2.24, 2.45) is 0 Å². The molecule has 2 N–H and O–H groups in total. The lowest BCUT2D eigenvalue weighted by molar-refractivity contribution is -0.137. The van der Waals surface area contributed by atoms with Crippen molar-refractivity contribution in [3.63, 3.8) is 0 Å². The van der Waals surface area contributed by atoms with Crippen LogP contribution >= 0.6 is 11.6 Å². The topological polar surface area (TPSA) is 93.1 Å². The molecule has 0 fully saturated rings. The Morgan fingerprint density at radius 2 is 1.89 bits per heavy atom. The Labute approximate surface area is 203 Å². The summed E-state index contributed by atoms with van der Waals surface area (Å²) >= 11 is 6.12. The second-order valence-electron chi connectivity index (χ2n) is 8.14. The van der Waals surface area contributed by atoms with E-state index in [2.05, 4.69) is 15.7 Å². The molecule has 1 aliphatic heterocycles. The van der Waals surface area contributed by atoms with Gasteiger partial charge in [-0.2, -0.15) is 18.3 Å². The van der Waals surface area contributed by atoms with Gasteiger partial charge in [-0.25, -0.2) is 4.68 Å². The summed E-state index contributed by atoms with van der Waals surface area (Å²) in [5.74, 6) is -0.696. The number of fused-ring (bicyclic) bond motifs is 1. The van der Waals surface area contributed by atoms with Crippen LogP contribution in [0.3, 0.4) is 0 Å². The fourth-order valence-electron chi connectivity index (χ4n) is 3.76. The third-order valence-electron chi connectivity index (χ3n) is 5.50. The Morgan fingerprint density at radius 1 is 1.11 bits per heavy atom. The summed E-state index contributed by atoms with van der Waals surface area (Å²) in [6.45, 7) is 1.62. The van der Waals surface area contributed by atoms with E-state index in [9.17, 15) is 27.6 Å². The molecule has 3 aromatic rings. The van der Waals surface area contributed by atoms with Gasteiger partial charge >= 0.3 is 6.18 Å². The number of rotatable bonds is 6. The third-order valence-corrected chi connectivity index (χ3v) is 5.82. The summed E-state index contributed by atoms with van der Waals surface area (Å²) in [5.41, 5.74) is 1.47. The predicted octanol–water partition coefficient (Wildman–Crippen LogP) is 5.34. The van der Waals surface area contributed by atoms with E-state index in [0.717, 1.165) is 28.4 Å². The van der Waals surface area contributed by atoms with Crippen molar-refractivity contribution >= 4 is 40.7 Å². The maximum absolute atomic E-state index is 13.2. The SMILES string of the molecule is Cc1cc(NC(=O)CCC(=O)c2ccc3c(c2)CCC(=O)N3)n(-c2cc(C(F)(F)F)ccc2Cl)n1. The van der Waals surface area contributed by atoms with Gasteiger partial charge in [-0.3, -0.25) is 14.4 Å². The lowest BCUT2D eigenvalue weighted by Gasteiger charge is -2.17. The zero-order valence-corrected chi connectivity index (χ0v) is 19.3. The number of aryl methyl sites for hydroxylation is 2. The number of Topliss-reactive ketones (excluding diaryl/α,β-unsaturated/α-hetero) is 1. The fourth-order valence-corrected chi connectivity index (χ4v) is 3.95. The van der Waals surface area contributed by atoms with E-state index < -0.39 is 17.6 Å². The van der Waals surface area contributed by atoms with Gasteiger partial charge in [0, 0.05) is 36.6 Å². The van der Waals surface area contributed by atoms with Crippen LogP contribution in [0, 0.1) is 6.92 Å². The van der Waals surface area contributed by atoms with Gasteiger partial charge in [0.05, 0.1) is 22.0 Å². The van der Waals surface area contributed by atoms with Crippen LogP contribution < -0.4 is 10.6 Å². The van der Waals surface area contributed by atoms with Crippen molar-refractivity contribution in [2.45, 2.75) is 38.8 Å². The Bertz CT molecular complexity index is 1330. The quantitative estimate of drug-likeness (QED) is 0.443. The van der Waals surface area contributed by atoms with Gasteiger partial charge in [-0.05, 0) is 55.3 Å². The number of nitrogens with one attached hydrogen (secondary N) is 2. The standard InChI is InChI=1S/C24H20ClF3N4O3/c1-13-10-21(32(31-13)19-12-16(24(26,27)28)4-5-17(19)25)30-23(35)9-7-20(33)15-2-6-18-14(11-15)3-8-22(34)29-18/h2,4-6,10-12H,3,7-9H2,1H3,(H,29,34)(H,30,35). The van der Waals surface area contributed by atoms with Crippen molar-refractivity contribution in [1.29, 1.82) is 0 Å². The number of benzene rings is 2. The van der Waals surface area contributed by atoms with Crippen molar-refractivity contribution in [2.75, 3.05) is 10.6 Å². The Morgan fingerprint density at radius 3 is 2.63 bits per heavy atom. The predicted molar refractivity (Wildman–Crippen MR) is 124 cm³/mol. The van der Waals surface area contributed by atoms with Gasteiger partial charge in [0.1, 0.15) is 5.82 Å². The number of nitrogens with zero attached hydrogens (tertiary/aromatic N) is 2. The average Bonchev–Trinajstić information content (AvgIpc) is 3.16. The molecule has 2 heterocycles. The monoisotopic (exact) mass is 504 g/mol. The Balaban J connectivity index is 1.46. The van der Waals surface area contributed by atoms with E-state index in [1.807, 2.05) is 0 Å².